The van der Waals surface area contributed by atoms with Crippen molar-refractivity contribution in [3.8, 4) is 0 Å². The molecule has 0 radical (unpaired) electrons. The van der Waals surface area contributed by atoms with Crippen LogP contribution in [0.2, 0.25) is 0 Å². The molecule has 0 amide bonds. The lowest BCUT2D eigenvalue weighted by Gasteiger charge is -2.37. The number of unbranched alkanes of at least 4 members (excludes halogenated alkanes) is 20. The fourth-order valence-electron chi connectivity index (χ4n) is 6.93. The summed E-state index contributed by atoms with van der Waals surface area (Å²) < 4.78 is 0. The highest BCUT2D eigenvalue weighted by atomic mass is 16.3. The molecule has 1 fully saturated rings. The molecule has 0 bridgehead atoms. The van der Waals surface area contributed by atoms with Crippen LogP contribution >= 0.6 is 0 Å². The number of rotatable bonds is 31. The Kier molecular flexibility index (Phi) is 28.3. The Labute approximate surface area is 258 Å². The third-order valence-corrected chi connectivity index (χ3v) is 9.71. The smallest absolute Gasteiger partial charge is 0.0897 e. The molecule has 0 aliphatic carbocycles. The number of nitrogens with one attached hydrogen (secondary N) is 1. The maximum absolute atomic E-state index is 9.95. The standard InChI is InChI=1S/C37H76N2O2/c1-3-5-7-9-10-11-12-13-14-15-16-17-18-19-20-21-22-24-27-35(26-23-8-6-4-2)28-25-29-36-32-38-30-31-39(36)33-37(41)34-40/h35-38,40-41H,3-34H2,1-2H3. The average molecular weight is 581 g/mol. The normalized spacial score (nSPS) is 17.7. The SMILES string of the molecule is CCCCCCCCCCCCCCCCCCCCC(CCCCCC)CCCC1CNCCN1CC(O)CO. The first-order chi connectivity index (χ1) is 20.2. The van der Waals surface area contributed by atoms with Crippen LogP contribution in [0.3, 0.4) is 0 Å². The van der Waals surface area contributed by atoms with Crippen molar-refractivity contribution in [1.29, 1.82) is 0 Å². The molecule has 3 unspecified atom stereocenters. The van der Waals surface area contributed by atoms with E-state index < -0.39 is 6.10 Å². The van der Waals surface area contributed by atoms with E-state index in [1.54, 1.807) is 0 Å². The summed E-state index contributed by atoms with van der Waals surface area (Å²) >= 11 is 0. The van der Waals surface area contributed by atoms with Crippen LogP contribution in [0.1, 0.15) is 187 Å². The summed E-state index contributed by atoms with van der Waals surface area (Å²) in [4.78, 5) is 2.41. The van der Waals surface area contributed by atoms with Crippen molar-refractivity contribution < 1.29 is 10.2 Å². The third-order valence-electron chi connectivity index (χ3n) is 9.71. The highest BCUT2D eigenvalue weighted by Crippen LogP contribution is 2.25. The van der Waals surface area contributed by atoms with Crippen molar-refractivity contribution in [3.05, 3.63) is 0 Å². The molecule has 0 aromatic heterocycles. The van der Waals surface area contributed by atoms with E-state index in [-0.39, 0.29) is 6.61 Å². The van der Waals surface area contributed by atoms with Gasteiger partial charge in [0.1, 0.15) is 0 Å². The lowest BCUT2D eigenvalue weighted by Crippen LogP contribution is -2.53. The number of β-amino-alcohol motifs (C(OH)–C–C–N with tert-alkyl or cyclic N) is 1. The molecule has 3 atom stereocenters. The summed E-state index contributed by atoms with van der Waals surface area (Å²) in [6.07, 6.45) is 37.8. The minimum atomic E-state index is -0.605. The number of piperazine rings is 1. The lowest BCUT2D eigenvalue weighted by molar-refractivity contribution is 0.0346. The molecule has 0 spiro atoms. The molecule has 4 heteroatoms. The number of hydrogen-bond acceptors (Lipinski definition) is 4. The number of nitrogens with zero attached hydrogens (tertiary/aromatic N) is 1. The fraction of sp³-hybridized carbons (Fsp3) is 1.00. The summed E-state index contributed by atoms with van der Waals surface area (Å²) in [7, 11) is 0. The Morgan fingerprint density at radius 1 is 0.610 bits per heavy atom. The van der Waals surface area contributed by atoms with Crippen LogP contribution in [0.5, 0.6) is 0 Å². The highest BCUT2D eigenvalue weighted by Gasteiger charge is 2.24. The first kappa shape index (κ1) is 38.9. The summed E-state index contributed by atoms with van der Waals surface area (Å²) in [5.41, 5.74) is 0. The molecular weight excluding hydrogens is 504 g/mol. The van der Waals surface area contributed by atoms with Gasteiger partial charge in [-0.1, -0.05) is 181 Å². The van der Waals surface area contributed by atoms with Crippen molar-refractivity contribution in [2.24, 2.45) is 5.92 Å². The Bertz CT molecular complexity index is 517. The van der Waals surface area contributed by atoms with Gasteiger partial charge in [-0.25, -0.2) is 0 Å². The van der Waals surface area contributed by atoms with E-state index >= 15 is 0 Å². The average Bonchev–Trinajstić information content (AvgIpc) is 2.99. The second kappa shape index (κ2) is 29.9. The van der Waals surface area contributed by atoms with Crippen LogP contribution < -0.4 is 5.32 Å². The van der Waals surface area contributed by atoms with E-state index in [9.17, 15) is 10.2 Å². The van der Waals surface area contributed by atoms with Gasteiger partial charge in [0, 0.05) is 32.2 Å². The zero-order valence-corrected chi connectivity index (χ0v) is 28.2. The minimum Gasteiger partial charge on any atom is -0.394 e. The number of aliphatic hydroxyl groups excluding tert-OH is 2. The first-order valence-corrected chi connectivity index (χ1v) is 18.9. The van der Waals surface area contributed by atoms with Gasteiger partial charge in [-0.05, 0) is 12.3 Å². The summed E-state index contributed by atoms with van der Waals surface area (Å²) in [6.45, 7) is 8.11. The van der Waals surface area contributed by atoms with Gasteiger partial charge >= 0.3 is 0 Å². The van der Waals surface area contributed by atoms with Crippen LogP contribution in [0, 0.1) is 5.92 Å². The Morgan fingerprint density at radius 3 is 1.49 bits per heavy atom. The molecule has 3 N–H and O–H groups in total. The summed E-state index contributed by atoms with van der Waals surface area (Å²) in [5, 5.41) is 22.8. The van der Waals surface area contributed by atoms with Crippen molar-refractivity contribution in [2.45, 2.75) is 199 Å². The second-order valence-electron chi connectivity index (χ2n) is 13.6. The molecule has 1 saturated heterocycles. The molecule has 1 rings (SSSR count). The monoisotopic (exact) mass is 581 g/mol. The molecule has 246 valence electrons. The molecule has 1 heterocycles. The van der Waals surface area contributed by atoms with Gasteiger partial charge < -0.3 is 15.5 Å². The fourth-order valence-corrected chi connectivity index (χ4v) is 6.93. The Hall–Kier alpha value is -0.160. The maximum Gasteiger partial charge on any atom is 0.0897 e. The van der Waals surface area contributed by atoms with E-state index in [2.05, 4.69) is 24.1 Å². The lowest BCUT2D eigenvalue weighted by atomic mass is 9.89. The van der Waals surface area contributed by atoms with Gasteiger partial charge in [0.2, 0.25) is 0 Å². The van der Waals surface area contributed by atoms with Crippen LogP contribution in [-0.4, -0.2) is 60.0 Å². The largest absolute Gasteiger partial charge is 0.394 e. The highest BCUT2D eigenvalue weighted by molar-refractivity contribution is 4.81. The second-order valence-corrected chi connectivity index (χ2v) is 13.6. The maximum atomic E-state index is 9.95. The first-order valence-electron chi connectivity index (χ1n) is 18.9. The zero-order valence-electron chi connectivity index (χ0n) is 28.2. The predicted molar refractivity (Wildman–Crippen MR) is 181 cm³/mol. The van der Waals surface area contributed by atoms with Gasteiger partial charge in [-0.3, -0.25) is 4.90 Å². The van der Waals surface area contributed by atoms with Gasteiger partial charge in [0.25, 0.3) is 0 Å². The molecular formula is C37H76N2O2. The molecule has 1 aliphatic rings. The van der Waals surface area contributed by atoms with Gasteiger partial charge in [-0.15, -0.1) is 0 Å². The topological polar surface area (TPSA) is 55.7 Å². The minimum absolute atomic E-state index is 0.129. The molecule has 1 aliphatic heterocycles. The van der Waals surface area contributed by atoms with Gasteiger partial charge in [0.05, 0.1) is 12.7 Å². The van der Waals surface area contributed by atoms with Crippen molar-refractivity contribution in [3.63, 3.8) is 0 Å². The zero-order chi connectivity index (χ0) is 29.6. The van der Waals surface area contributed by atoms with E-state index in [1.165, 1.54) is 173 Å². The van der Waals surface area contributed by atoms with Crippen molar-refractivity contribution >= 4 is 0 Å². The molecule has 41 heavy (non-hydrogen) atoms. The molecule has 0 saturated carbocycles. The summed E-state index contributed by atoms with van der Waals surface area (Å²) in [5.74, 6) is 0.904. The number of hydrogen-bond donors (Lipinski definition) is 3. The Morgan fingerprint density at radius 2 is 1.02 bits per heavy atom. The predicted octanol–water partition coefficient (Wildman–Crippen LogP) is 9.80. The number of aliphatic hydroxyl groups is 2. The van der Waals surface area contributed by atoms with E-state index in [0.29, 0.717) is 12.6 Å². The molecule has 0 aromatic rings. The van der Waals surface area contributed by atoms with Crippen molar-refractivity contribution in [2.75, 3.05) is 32.8 Å². The summed E-state index contributed by atoms with van der Waals surface area (Å²) in [6, 6.07) is 0.510. The van der Waals surface area contributed by atoms with Gasteiger partial charge in [-0.2, -0.15) is 0 Å². The van der Waals surface area contributed by atoms with Crippen LogP contribution in [0.4, 0.5) is 0 Å². The van der Waals surface area contributed by atoms with Crippen LogP contribution in [0.15, 0.2) is 0 Å². The van der Waals surface area contributed by atoms with Crippen molar-refractivity contribution in [1.82, 2.24) is 10.2 Å². The van der Waals surface area contributed by atoms with Crippen LogP contribution in [-0.2, 0) is 0 Å². The quantitative estimate of drug-likeness (QED) is 0.0714. The van der Waals surface area contributed by atoms with Gasteiger partial charge in [0.15, 0.2) is 0 Å². The van der Waals surface area contributed by atoms with E-state index in [1.807, 2.05) is 0 Å². The van der Waals surface area contributed by atoms with E-state index in [4.69, 9.17) is 0 Å². The van der Waals surface area contributed by atoms with E-state index in [0.717, 1.165) is 25.6 Å². The third kappa shape index (κ3) is 23.9. The Balaban J connectivity index is 2.06. The van der Waals surface area contributed by atoms with Crippen LogP contribution in [0.25, 0.3) is 0 Å². The molecule has 4 nitrogen and oxygen atoms in total. The molecule has 0 aromatic carbocycles.